The number of carboxylic acid groups (broad SMARTS) is 1. The molecule has 2 aromatic heterocycles. The van der Waals surface area contributed by atoms with Crippen LogP contribution in [0.5, 0.6) is 0 Å². The largest absolute Gasteiger partial charge is 0.479 e. The Balaban J connectivity index is 1.89. The number of halogens is 2. The van der Waals surface area contributed by atoms with E-state index >= 15 is 0 Å². The van der Waals surface area contributed by atoms with E-state index in [2.05, 4.69) is 16.3 Å². The lowest BCUT2D eigenvalue weighted by Crippen LogP contribution is -2.34. The van der Waals surface area contributed by atoms with E-state index in [9.17, 15) is 23.9 Å². The van der Waals surface area contributed by atoms with Crippen LogP contribution >= 0.6 is 0 Å². The van der Waals surface area contributed by atoms with Crippen LogP contribution in [-0.4, -0.2) is 38.0 Å². The zero-order chi connectivity index (χ0) is 25.1. The molecule has 2 aromatic carbocycles. The van der Waals surface area contributed by atoms with E-state index in [1.165, 1.54) is 6.07 Å². The Morgan fingerprint density at radius 1 is 1.34 bits per heavy atom. The Hall–Kier alpha value is -3.77. The molecule has 0 radical (unpaired) electrons. The maximum Gasteiger partial charge on any atom is 0.335 e. The van der Waals surface area contributed by atoms with Crippen molar-refractivity contribution < 1.29 is 23.4 Å². The third-order valence-electron chi connectivity index (χ3n) is 6.99. The van der Waals surface area contributed by atoms with Crippen LogP contribution in [0.3, 0.4) is 0 Å². The Morgan fingerprint density at radius 2 is 2.11 bits per heavy atom. The minimum Gasteiger partial charge on any atom is -0.479 e. The Bertz CT molecular complexity index is 1530. The maximum absolute atomic E-state index is 14.4. The van der Waals surface area contributed by atoms with Crippen LogP contribution in [0.1, 0.15) is 50.8 Å². The second-order valence-corrected chi connectivity index (χ2v) is 9.99. The highest BCUT2D eigenvalue weighted by atomic mass is 19.2. The fourth-order valence-electron chi connectivity index (χ4n) is 5.21. The van der Waals surface area contributed by atoms with Crippen LogP contribution in [0.4, 0.5) is 8.78 Å². The molecule has 1 saturated heterocycles. The summed E-state index contributed by atoms with van der Waals surface area (Å²) in [5, 5.41) is 28.1. The summed E-state index contributed by atoms with van der Waals surface area (Å²) in [6.45, 7) is 5.57. The van der Waals surface area contributed by atoms with Crippen molar-refractivity contribution in [1.29, 1.82) is 5.26 Å². The van der Waals surface area contributed by atoms with Gasteiger partial charge in [0.15, 0.2) is 17.2 Å². The SMILES string of the molecule is CC(C)(CC#N)c1c([C@@H]2CO[C@@](C)(C(=O)O)C2)c2cc3[nH]ncc3cc2n1-c1ccc(F)c(F)c1. The number of nitrogens with zero attached hydrogens (tertiary/aromatic N) is 3. The van der Waals surface area contributed by atoms with E-state index in [1.54, 1.807) is 13.1 Å². The molecular weight excluding hydrogens is 454 g/mol. The van der Waals surface area contributed by atoms with Crippen molar-refractivity contribution in [2.45, 2.75) is 50.5 Å². The van der Waals surface area contributed by atoms with Gasteiger partial charge < -0.3 is 14.4 Å². The summed E-state index contributed by atoms with van der Waals surface area (Å²) in [5.74, 6) is -3.28. The molecule has 9 heteroatoms. The van der Waals surface area contributed by atoms with Crippen LogP contribution in [0.15, 0.2) is 36.5 Å². The van der Waals surface area contributed by atoms with E-state index in [0.29, 0.717) is 5.69 Å². The third kappa shape index (κ3) is 3.56. The zero-order valence-corrected chi connectivity index (χ0v) is 19.5. The van der Waals surface area contributed by atoms with Crippen LogP contribution in [-0.2, 0) is 14.9 Å². The maximum atomic E-state index is 14.4. The van der Waals surface area contributed by atoms with Gasteiger partial charge in [0.2, 0.25) is 0 Å². The van der Waals surface area contributed by atoms with Gasteiger partial charge in [0, 0.05) is 46.0 Å². The van der Waals surface area contributed by atoms with Crippen molar-refractivity contribution in [3.63, 3.8) is 0 Å². The number of aliphatic carboxylic acids is 1. The number of benzene rings is 2. The van der Waals surface area contributed by atoms with Crippen LogP contribution in [0, 0.1) is 23.0 Å². The zero-order valence-electron chi connectivity index (χ0n) is 19.5. The first-order chi connectivity index (χ1) is 16.6. The van der Waals surface area contributed by atoms with Gasteiger partial charge in [0.05, 0.1) is 29.9 Å². The van der Waals surface area contributed by atoms with Crippen molar-refractivity contribution >= 4 is 27.8 Å². The molecule has 0 aliphatic carbocycles. The Morgan fingerprint density at radius 3 is 2.77 bits per heavy atom. The fraction of sp³-hybridized carbons (Fsp3) is 0.346. The number of aromatic nitrogens is 3. The van der Waals surface area contributed by atoms with E-state index < -0.39 is 28.6 Å². The summed E-state index contributed by atoms with van der Waals surface area (Å²) in [5.41, 5.74) is 1.44. The molecule has 2 atom stereocenters. The summed E-state index contributed by atoms with van der Waals surface area (Å²) in [4.78, 5) is 11.9. The van der Waals surface area contributed by atoms with Gasteiger partial charge in [-0.25, -0.2) is 13.6 Å². The van der Waals surface area contributed by atoms with Gasteiger partial charge in [0.25, 0.3) is 0 Å². The molecule has 180 valence electrons. The number of carbonyl (C=O) groups is 1. The highest BCUT2D eigenvalue weighted by Crippen LogP contribution is 2.47. The second kappa shape index (κ2) is 7.89. The van der Waals surface area contributed by atoms with Gasteiger partial charge in [-0.15, -0.1) is 0 Å². The molecule has 1 aliphatic heterocycles. The molecule has 0 amide bonds. The predicted molar refractivity (Wildman–Crippen MR) is 125 cm³/mol. The van der Waals surface area contributed by atoms with Crippen LogP contribution in [0.25, 0.3) is 27.5 Å². The number of hydrogen-bond acceptors (Lipinski definition) is 4. The number of aromatic amines is 1. The van der Waals surface area contributed by atoms with Gasteiger partial charge >= 0.3 is 5.97 Å². The van der Waals surface area contributed by atoms with E-state index in [-0.39, 0.29) is 25.4 Å². The lowest BCUT2D eigenvalue weighted by molar-refractivity contribution is -0.157. The van der Waals surface area contributed by atoms with E-state index in [4.69, 9.17) is 4.74 Å². The number of hydrogen-bond donors (Lipinski definition) is 2. The van der Waals surface area contributed by atoms with Gasteiger partial charge in [-0.1, -0.05) is 13.8 Å². The summed E-state index contributed by atoms with van der Waals surface area (Å²) in [6.07, 6.45) is 2.07. The first kappa shape index (κ1) is 23.0. The van der Waals surface area contributed by atoms with Crippen molar-refractivity contribution in [3.8, 4) is 11.8 Å². The van der Waals surface area contributed by atoms with Crippen LogP contribution < -0.4 is 0 Å². The average molecular weight is 478 g/mol. The third-order valence-corrected chi connectivity index (χ3v) is 6.99. The molecule has 4 aromatic rings. The van der Waals surface area contributed by atoms with Crippen molar-refractivity contribution in [2.75, 3.05) is 6.61 Å². The topological polar surface area (TPSA) is 104 Å². The highest BCUT2D eigenvalue weighted by Gasteiger charge is 2.46. The smallest absolute Gasteiger partial charge is 0.335 e. The first-order valence-corrected chi connectivity index (χ1v) is 11.3. The van der Waals surface area contributed by atoms with Gasteiger partial charge in [0.1, 0.15) is 0 Å². The average Bonchev–Trinajstić information content (AvgIpc) is 3.50. The summed E-state index contributed by atoms with van der Waals surface area (Å²) in [7, 11) is 0. The minimum atomic E-state index is -1.35. The molecule has 5 rings (SSSR count). The number of H-pyrrole nitrogens is 1. The molecular formula is C26H24F2N4O3. The number of carboxylic acids is 1. The molecule has 2 N–H and O–H groups in total. The Labute approximate surface area is 199 Å². The van der Waals surface area contributed by atoms with Gasteiger partial charge in [-0.05, 0) is 43.2 Å². The van der Waals surface area contributed by atoms with Crippen molar-refractivity contribution in [3.05, 3.63) is 59.4 Å². The quantitative estimate of drug-likeness (QED) is 0.404. The molecule has 0 saturated carbocycles. The molecule has 0 unspecified atom stereocenters. The van der Waals surface area contributed by atoms with E-state index in [1.807, 2.05) is 30.5 Å². The first-order valence-electron chi connectivity index (χ1n) is 11.3. The Kier molecular flexibility index (Phi) is 5.18. The number of nitrogens with one attached hydrogen (secondary N) is 1. The lowest BCUT2D eigenvalue weighted by atomic mass is 9.79. The normalized spacial score (nSPS) is 20.5. The van der Waals surface area contributed by atoms with Gasteiger partial charge in [-0.2, -0.15) is 10.4 Å². The molecule has 0 bridgehead atoms. The summed E-state index contributed by atoms with van der Waals surface area (Å²) < 4.78 is 35.9. The molecule has 0 spiro atoms. The van der Waals surface area contributed by atoms with Crippen LogP contribution in [0.2, 0.25) is 0 Å². The molecule has 35 heavy (non-hydrogen) atoms. The minimum absolute atomic E-state index is 0.156. The number of rotatable bonds is 5. The second-order valence-electron chi connectivity index (χ2n) is 9.99. The fourth-order valence-corrected chi connectivity index (χ4v) is 5.21. The van der Waals surface area contributed by atoms with E-state index in [0.717, 1.165) is 45.2 Å². The highest BCUT2D eigenvalue weighted by molar-refractivity contribution is 5.99. The predicted octanol–water partition coefficient (Wildman–Crippen LogP) is 5.32. The van der Waals surface area contributed by atoms with Crippen molar-refractivity contribution in [2.24, 2.45) is 0 Å². The summed E-state index contributed by atoms with van der Waals surface area (Å²) >= 11 is 0. The number of nitriles is 1. The molecule has 7 nitrogen and oxygen atoms in total. The monoisotopic (exact) mass is 478 g/mol. The van der Waals surface area contributed by atoms with Gasteiger partial charge in [-0.3, -0.25) is 5.10 Å². The number of ether oxygens (including phenoxy) is 1. The van der Waals surface area contributed by atoms with Crippen molar-refractivity contribution in [1.82, 2.24) is 14.8 Å². The molecule has 3 heterocycles. The molecule has 1 fully saturated rings. The molecule has 1 aliphatic rings. The standard InChI is InChI=1S/C26H24F2N4O3/c1-25(2,6-7-29)23-22(15-11-26(3,24(33)34)35-13-15)17-10-20-14(12-30-31-20)8-21(17)32(23)16-4-5-18(27)19(28)9-16/h4-5,8-10,12,15H,6,11,13H2,1-3H3,(H,30,31)(H,33,34)/t15-,26+/m0/s1. The number of fused-ring (bicyclic) bond motifs is 2. The summed E-state index contributed by atoms with van der Waals surface area (Å²) in [6, 6.07) is 9.80. The lowest BCUT2D eigenvalue weighted by Gasteiger charge is -2.28.